The van der Waals surface area contributed by atoms with E-state index in [1.54, 1.807) is 0 Å². The van der Waals surface area contributed by atoms with Gasteiger partial charge in [-0.25, -0.2) is 0 Å². The number of ether oxygens (including phenoxy) is 1. The molecule has 0 saturated heterocycles. The Labute approximate surface area is 134 Å². The van der Waals surface area contributed by atoms with Crippen molar-refractivity contribution in [3.05, 3.63) is 46.7 Å². The minimum absolute atomic E-state index is 0.118. The first-order valence-electron chi connectivity index (χ1n) is 7.07. The first-order chi connectivity index (χ1) is 9.92. The summed E-state index contributed by atoms with van der Waals surface area (Å²) in [6.45, 7) is 8.65. The SMILES string of the molecule is CC(C)(C)NCc1cnn(CCOc2ccc(Br)cc2)c1. The predicted molar refractivity (Wildman–Crippen MR) is 88.5 cm³/mol. The third-order valence-corrected chi connectivity index (χ3v) is 3.44. The zero-order chi connectivity index (χ0) is 15.3. The smallest absolute Gasteiger partial charge is 0.119 e. The molecule has 21 heavy (non-hydrogen) atoms. The highest BCUT2D eigenvalue weighted by molar-refractivity contribution is 9.10. The molecule has 0 bridgehead atoms. The van der Waals surface area contributed by atoms with E-state index < -0.39 is 0 Å². The van der Waals surface area contributed by atoms with Gasteiger partial charge in [-0.2, -0.15) is 5.10 Å². The van der Waals surface area contributed by atoms with Crippen LogP contribution in [-0.2, 0) is 13.1 Å². The van der Waals surface area contributed by atoms with Crippen LogP contribution in [0, 0.1) is 0 Å². The Morgan fingerprint density at radius 2 is 1.95 bits per heavy atom. The van der Waals surface area contributed by atoms with Gasteiger partial charge in [0.1, 0.15) is 12.4 Å². The molecule has 0 radical (unpaired) electrons. The minimum atomic E-state index is 0.118. The van der Waals surface area contributed by atoms with Crippen LogP contribution >= 0.6 is 15.9 Å². The Morgan fingerprint density at radius 1 is 1.24 bits per heavy atom. The Morgan fingerprint density at radius 3 is 2.62 bits per heavy atom. The van der Waals surface area contributed by atoms with E-state index in [0.29, 0.717) is 6.61 Å². The molecule has 0 atom stereocenters. The quantitative estimate of drug-likeness (QED) is 0.863. The van der Waals surface area contributed by atoms with Gasteiger partial charge in [0.15, 0.2) is 0 Å². The fourth-order valence-corrected chi connectivity index (χ4v) is 2.04. The van der Waals surface area contributed by atoms with Crippen LogP contribution in [0.15, 0.2) is 41.1 Å². The molecular weight excluding hydrogens is 330 g/mol. The van der Waals surface area contributed by atoms with E-state index in [4.69, 9.17) is 4.74 Å². The van der Waals surface area contributed by atoms with Crippen molar-refractivity contribution in [1.29, 1.82) is 0 Å². The maximum absolute atomic E-state index is 5.69. The van der Waals surface area contributed by atoms with Gasteiger partial charge in [-0.1, -0.05) is 15.9 Å². The third-order valence-electron chi connectivity index (χ3n) is 2.91. The predicted octanol–water partition coefficient (Wildman–Crippen LogP) is 3.61. The molecule has 2 aromatic rings. The van der Waals surface area contributed by atoms with E-state index in [9.17, 15) is 0 Å². The molecule has 1 heterocycles. The third kappa shape index (κ3) is 5.89. The first kappa shape index (κ1) is 16.0. The number of nitrogens with zero attached hydrogens (tertiary/aromatic N) is 2. The summed E-state index contributed by atoms with van der Waals surface area (Å²) >= 11 is 3.41. The molecule has 4 nitrogen and oxygen atoms in total. The lowest BCUT2D eigenvalue weighted by atomic mass is 10.1. The van der Waals surface area contributed by atoms with Crippen LogP contribution in [0.5, 0.6) is 5.75 Å². The van der Waals surface area contributed by atoms with Crippen molar-refractivity contribution in [2.45, 2.75) is 39.4 Å². The number of rotatable bonds is 6. The van der Waals surface area contributed by atoms with Crippen LogP contribution in [0.1, 0.15) is 26.3 Å². The number of halogens is 1. The molecule has 0 amide bonds. The van der Waals surface area contributed by atoms with E-state index in [-0.39, 0.29) is 5.54 Å². The lowest BCUT2D eigenvalue weighted by molar-refractivity contribution is 0.291. The van der Waals surface area contributed by atoms with Crippen molar-refractivity contribution in [2.75, 3.05) is 6.61 Å². The number of nitrogens with one attached hydrogen (secondary N) is 1. The van der Waals surface area contributed by atoms with Crippen LogP contribution < -0.4 is 10.1 Å². The van der Waals surface area contributed by atoms with Gasteiger partial charge in [0.2, 0.25) is 0 Å². The maximum Gasteiger partial charge on any atom is 0.119 e. The van der Waals surface area contributed by atoms with Crippen molar-refractivity contribution in [2.24, 2.45) is 0 Å². The van der Waals surface area contributed by atoms with Gasteiger partial charge in [0.25, 0.3) is 0 Å². The van der Waals surface area contributed by atoms with Gasteiger partial charge in [-0.15, -0.1) is 0 Å². The van der Waals surface area contributed by atoms with Gasteiger partial charge in [0.05, 0.1) is 12.7 Å². The number of hydrogen-bond acceptors (Lipinski definition) is 3. The van der Waals surface area contributed by atoms with Crippen molar-refractivity contribution in [3.63, 3.8) is 0 Å². The molecule has 0 spiro atoms. The summed E-state index contributed by atoms with van der Waals surface area (Å²) in [7, 11) is 0. The van der Waals surface area contributed by atoms with Gasteiger partial charge in [-0.05, 0) is 45.0 Å². The van der Waals surface area contributed by atoms with Crippen LogP contribution in [0.2, 0.25) is 0 Å². The van der Waals surface area contributed by atoms with Crippen molar-refractivity contribution >= 4 is 15.9 Å². The highest BCUT2D eigenvalue weighted by Crippen LogP contribution is 2.16. The molecule has 1 N–H and O–H groups in total. The van der Waals surface area contributed by atoms with Gasteiger partial charge in [0, 0.05) is 28.3 Å². The van der Waals surface area contributed by atoms with E-state index in [2.05, 4.69) is 53.3 Å². The average Bonchev–Trinajstić information content (AvgIpc) is 2.86. The van der Waals surface area contributed by atoms with Crippen molar-refractivity contribution in [3.8, 4) is 5.75 Å². The molecule has 0 aliphatic carbocycles. The summed E-state index contributed by atoms with van der Waals surface area (Å²) < 4.78 is 8.66. The molecule has 114 valence electrons. The van der Waals surface area contributed by atoms with E-state index in [0.717, 1.165) is 23.3 Å². The van der Waals surface area contributed by atoms with Gasteiger partial charge in [-0.3, -0.25) is 4.68 Å². The molecular formula is C16H22BrN3O. The summed E-state index contributed by atoms with van der Waals surface area (Å²) in [6, 6.07) is 7.84. The van der Waals surface area contributed by atoms with Crippen LogP contribution in [0.25, 0.3) is 0 Å². The molecule has 1 aromatic heterocycles. The Bertz CT molecular complexity index is 558. The van der Waals surface area contributed by atoms with Crippen LogP contribution in [0.4, 0.5) is 0 Å². The lowest BCUT2D eigenvalue weighted by Crippen LogP contribution is -2.34. The fraction of sp³-hybridized carbons (Fsp3) is 0.438. The molecule has 0 unspecified atom stereocenters. The zero-order valence-electron chi connectivity index (χ0n) is 12.8. The minimum Gasteiger partial charge on any atom is -0.492 e. The lowest BCUT2D eigenvalue weighted by Gasteiger charge is -2.19. The van der Waals surface area contributed by atoms with E-state index >= 15 is 0 Å². The average molecular weight is 352 g/mol. The normalized spacial score (nSPS) is 11.6. The summed E-state index contributed by atoms with van der Waals surface area (Å²) in [4.78, 5) is 0. The van der Waals surface area contributed by atoms with E-state index in [1.165, 1.54) is 5.56 Å². The molecule has 0 fully saturated rings. The standard InChI is InChI=1S/C16H22BrN3O/c1-16(2,3)18-10-13-11-19-20(12-13)8-9-21-15-6-4-14(17)5-7-15/h4-7,11-12,18H,8-10H2,1-3H3. The van der Waals surface area contributed by atoms with Crippen molar-refractivity contribution < 1.29 is 4.74 Å². The summed E-state index contributed by atoms with van der Waals surface area (Å²) in [6.07, 6.45) is 3.96. The largest absolute Gasteiger partial charge is 0.492 e. The first-order valence-corrected chi connectivity index (χ1v) is 7.86. The molecule has 2 rings (SSSR count). The molecule has 5 heteroatoms. The van der Waals surface area contributed by atoms with Gasteiger partial charge >= 0.3 is 0 Å². The van der Waals surface area contributed by atoms with Crippen LogP contribution in [-0.4, -0.2) is 21.9 Å². The monoisotopic (exact) mass is 351 g/mol. The molecule has 0 saturated carbocycles. The summed E-state index contributed by atoms with van der Waals surface area (Å²) in [5.74, 6) is 0.875. The highest BCUT2D eigenvalue weighted by Gasteiger charge is 2.09. The summed E-state index contributed by atoms with van der Waals surface area (Å²) in [5, 5.41) is 7.80. The Balaban J connectivity index is 1.76. The summed E-state index contributed by atoms with van der Waals surface area (Å²) in [5.41, 5.74) is 1.31. The van der Waals surface area contributed by atoms with E-state index in [1.807, 2.05) is 35.1 Å². The number of aromatic nitrogens is 2. The zero-order valence-corrected chi connectivity index (χ0v) is 14.4. The number of benzene rings is 1. The van der Waals surface area contributed by atoms with Crippen LogP contribution in [0.3, 0.4) is 0 Å². The fourth-order valence-electron chi connectivity index (χ4n) is 1.78. The van der Waals surface area contributed by atoms with Crippen molar-refractivity contribution in [1.82, 2.24) is 15.1 Å². The second-order valence-electron chi connectivity index (χ2n) is 6.02. The Hall–Kier alpha value is -1.33. The number of hydrogen-bond donors (Lipinski definition) is 1. The second-order valence-corrected chi connectivity index (χ2v) is 6.93. The van der Waals surface area contributed by atoms with Gasteiger partial charge < -0.3 is 10.1 Å². The second kappa shape index (κ2) is 7.09. The topological polar surface area (TPSA) is 39.1 Å². The highest BCUT2D eigenvalue weighted by atomic mass is 79.9. The Kier molecular flexibility index (Phi) is 5.42. The molecule has 0 aliphatic heterocycles. The molecule has 1 aromatic carbocycles. The maximum atomic E-state index is 5.69. The molecule has 0 aliphatic rings.